The van der Waals surface area contributed by atoms with Crippen LogP contribution in [0.4, 0.5) is 4.79 Å². The van der Waals surface area contributed by atoms with Crippen molar-refractivity contribution in [2.24, 2.45) is 0 Å². The predicted octanol–water partition coefficient (Wildman–Crippen LogP) is 3.18. The van der Waals surface area contributed by atoms with E-state index in [1.807, 2.05) is 12.1 Å². The summed E-state index contributed by atoms with van der Waals surface area (Å²) in [6, 6.07) is 5.38. The second kappa shape index (κ2) is 5.80. The molecule has 120 valence electrons. The number of hydrogen-bond donors (Lipinski definition) is 2. The van der Waals surface area contributed by atoms with Gasteiger partial charge in [-0.05, 0) is 56.9 Å². The Balaban J connectivity index is 2.23. The highest BCUT2D eigenvalue weighted by atomic mass is 35.5. The van der Waals surface area contributed by atoms with Gasteiger partial charge in [-0.3, -0.25) is 0 Å². The van der Waals surface area contributed by atoms with Crippen LogP contribution < -0.4 is 5.32 Å². The quantitative estimate of drug-likeness (QED) is 0.875. The van der Waals surface area contributed by atoms with E-state index in [1.165, 1.54) is 0 Å². The van der Waals surface area contributed by atoms with Crippen molar-refractivity contribution in [3.8, 4) is 0 Å². The molecule has 1 aromatic carbocycles. The van der Waals surface area contributed by atoms with E-state index in [1.54, 1.807) is 26.8 Å². The number of alkyl carbamates (subject to hydrolysis) is 1. The van der Waals surface area contributed by atoms with Crippen LogP contribution >= 0.6 is 11.6 Å². The molecule has 0 aliphatic heterocycles. The van der Waals surface area contributed by atoms with Crippen LogP contribution in [-0.2, 0) is 22.4 Å². The number of nitrogens with one attached hydrogen (secondary N) is 1. The van der Waals surface area contributed by atoms with Crippen LogP contribution in [-0.4, -0.2) is 28.3 Å². The number of amides is 1. The number of halogens is 1. The lowest BCUT2D eigenvalue weighted by Crippen LogP contribution is -2.58. The Bertz CT molecular complexity index is 609. The van der Waals surface area contributed by atoms with Crippen LogP contribution in [0, 0.1) is 0 Å². The molecule has 2 N–H and O–H groups in total. The maximum atomic E-state index is 12.0. The van der Waals surface area contributed by atoms with Gasteiger partial charge in [0.2, 0.25) is 0 Å². The zero-order chi connectivity index (χ0) is 16.5. The van der Waals surface area contributed by atoms with Crippen LogP contribution in [0.3, 0.4) is 0 Å². The molecule has 1 amide bonds. The molecule has 0 saturated heterocycles. The van der Waals surface area contributed by atoms with Gasteiger partial charge in [-0.1, -0.05) is 17.7 Å². The lowest BCUT2D eigenvalue weighted by atomic mass is 9.78. The molecule has 1 atom stereocenters. The first-order chi connectivity index (χ1) is 10.1. The smallest absolute Gasteiger partial charge is 0.408 e. The summed E-state index contributed by atoms with van der Waals surface area (Å²) in [5.41, 5.74) is -0.114. The minimum Gasteiger partial charge on any atom is -0.479 e. The molecule has 0 saturated carbocycles. The highest BCUT2D eigenvalue weighted by Gasteiger charge is 2.43. The summed E-state index contributed by atoms with van der Waals surface area (Å²) in [7, 11) is 0. The van der Waals surface area contributed by atoms with Crippen molar-refractivity contribution >= 4 is 23.7 Å². The number of hydrogen-bond acceptors (Lipinski definition) is 3. The summed E-state index contributed by atoms with van der Waals surface area (Å²) in [6.45, 7) is 5.20. The van der Waals surface area contributed by atoms with E-state index in [-0.39, 0.29) is 6.42 Å². The van der Waals surface area contributed by atoms with Crippen molar-refractivity contribution < 1.29 is 19.4 Å². The van der Waals surface area contributed by atoms with E-state index in [0.717, 1.165) is 11.1 Å². The van der Waals surface area contributed by atoms with E-state index >= 15 is 0 Å². The van der Waals surface area contributed by atoms with Crippen molar-refractivity contribution in [3.05, 3.63) is 34.3 Å². The van der Waals surface area contributed by atoms with Crippen molar-refractivity contribution in [2.45, 2.75) is 51.2 Å². The van der Waals surface area contributed by atoms with Gasteiger partial charge < -0.3 is 15.2 Å². The normalized spacial score (nSPS) is 20.9. The zero-order valence-electron chi connectivity index (χ0n) is 12.9. The molecule has 0 radical (unpaired) electrons. The van der Waals surface area contributed by atoms with Gasteiger partial charge in [0.25, 0.3) is 0 Å². The fourth-order valence-corrected chi connectivity index (χ4v) is 2.80. The molecular formula is C16H20ClNO4. The average Bonchev–Trinajstić information content (AvgIpc) is 2.36. The molecule has 1 aliphatic carbocycles. The number of aryl methyl sites for hydroxylation is 1. The van der Waals surface area contributed by atoms with E-state index < -0.39 is 23.2 Å². The number of benzene rings is 1. The average molecular weight is 326 g/mol. The number of carbonyl (C=O) groups is 2. The Morgan fingerprint density at radius 3 is 2.59 bits per heavy atom. The molecule has 1 aliphatic rings. The highest BCUT2D eigenvalue weighted by molar-refractivity contribution is 6.30. The van der Waals surface area contributed by atoms with Gasteiger partial charge in [-0.25, -0.2) is 9.59 Å². The summed E-state index contributed by atoms with van der Waals surface area (Å²) in [5.74, 6) is -1.06. The van der Waals surface area contributed by atoms with Crippen LogP contribution in [0.15, 0.2) is 18.2 Å². The van der Waals surface area contributed by atoms with Crippen LogP contribution in [0.1, 0.15) is 38.3 Å². The molecule has 0 aromatic heterocycles. The summed E-state index contributed by atoms with van der Waals surface area (Å²) in [6.07, 6.45) is 0.341. The second-order valence-electron chi connectivity index (χ2n) is 6.60. The summed E-state index contributed by atoms with van der Waals surface area (Å²) >= 11 is 5.96. The lowest BCUT2D eigenvalue weighted by molar-refractivity contribution is -0.145. The Morgan fingerprint density at radius 1 is 1.32 bits per heavy atom. The van der Waals surface area contributed by atoms with Gasteiger partial charge in [0.05, 0.1) is 0 Å². The van der Waals surface area contributed by atoms with Crippen molar-refractivity contribution in [1.29, 1.82) is 0 Å². The third kappa shape index (κ3) is 3.71. The summed E-state index contributed by atoms with van der Waals surface area (Å²) < 4.78 is 5.19. The topological polar surface area (TPSA) is 75.6 Å². The molecular weight excluding hydrogens is 306 g/mol. The number of fused-ring (bicyclic) bond motifs is 1. The molecule has 22 heavy (non-hydrogen) atoms. The first kappa shape index (κ1) is 16.6. The highest BCUT2D eigenvalue weighted by Crippen LogP contribution is 2.31. The standard InChI is InChI=1S/C16H20ClNO4/c1-15(2,3)22-14(21)18-16(13(19)20)7-6-10-8-12(17)5-4-11(10)9-16/h4-5,8H,6-7,9H2,1-3H3,(H,18,21)(H,19,20)/t16-/m1/s1. The number of ether oxygens (including phenoxy) is 1. The van der Waals surface area contributed by atoms with Gasteiger partial charge in [-0.2, -0.15) is 0 Å². The van der Waals surface area contributed by atoms with Gasteiger partial charge in [-0.15, -0.1) is 0 Å². The minimum absolute atomic E-state index is 0.216. The molecule has 6 heteroatoms. The van der Waals surface area contributed by atoms with Gasteiger partial charge in [0.15, 0.2) is 0 Å². The molecule has 5 nitrogen and oxygen atoms in total. The van der Waals surface area contributed by atoms with E-state index in [2.05, 4.69) is 5.32 Å². The molecule has 0 heterocycles. The van der Waals surface area contributed by atoms with Crippen LogP contribution in [0.25, 0.3) is 0 Å². The SMILES string of the molecule is CC(C)(C)OC(=O)N[C@]1(C(=O)O)CCc2cc(Cl)ccc2C1. The van der Waals surface area contributed by atoms with Crippen molar-refractivity contribution in [1.82, 2.24) is 5.32 Å². The Hall–Kier alpha value is -1.75. The monoisotopic (exact) mass is 325 g/mol. The zero-order valence-corrected chi connectivity index (χ0v) is 13.7. The first-order valence-corrected chi connectivity index (χ1v) is 7.51. The maximum absolute atomic E-state index is 12.0. The fraction of sp³-hybridized carbons (Fsp3) is 0.500. The number of carbonyl (C=O) groups excluding carboxylic acids is 1. The second-order valence-corrected chi connectivity index (χ2v) is 7.04. The third-order valence-electron chi connectivity index (χ3n) is 3.63. The largest absolute Gasteiger partial charge is 0.479 e. The molecule has 0 fully saturated rings. The summed E-state index contributed by atoms with van der Waals surface area (Å²) in [5, 5.41) is 12.8. The number of rotatable bonds is 2. The van der Waals surface area contributed by atoms with Crippen molar-refractivity contribution in [2.75, 3.05) is 0 Å². The number of aliphatic carboxylic acids is 1. The molecule has 0 bridgehead atoms. The Labute approximate surface area is 134 Å². The Kier molecular flexibility index (Phi) is 4.38. The van der Waals surface area contributed by atoms with E-state index in [0.29, 0.717) is 17.9 Å². The van der Waals surface area contributed by atoms with E-state index in [9.17, 15) is 14.7 Å². The fourth-order valence-electron chi connectivity index (χ4n) is 2.60. The number of carboxylic acid groups (broad SMARTS) is 1. The summed E-state index contributed by atoms with van der Waals surface area (Å²) in [4.78, 5) is 23.7. The Morgan fingerprint density at radius 2 is 2.00 bits per heavy atom. The molecule has 0 spiro atoms. The minimum atomic E-state index is -1.34. The van der Waals surface area contributed by atoms with Crippen LogP contribution in [0.5, 0.6) is 0 Å². The van der Waals surface area contributed by atoms with Gasteiger partial charge in [0.1, 0.15) is 11.1 Å². The molecule has 0 unspecified atom stereocenters. The van der Waals surface area contributed by atoms with Gasteiger partial charge in [0, 0.05) is 11.4 Å². The van der Waals surface area contributed by atoms with Crippen LogP contribution in [0.2, 0.25) is 5.02 Å². The number of carboxylic acids is 1. The third-order valence-corrected chi connectivity index (χ3v) is 3.87. The molecule has 1 aromatic rings. The van der Waals surface area contributed by atoms with Gasteiger partial charge >= 0.3 is 12.1 Å². The van der Waals surface area contributed by atoms with Crippen molar-refractivity contribution in [3.63, 3.8) is 0 Å². The van der Waals surface area contributed by atoms with E-state index in [4.69, 9.17) is 16.3 Å². The maximum Gasteiger partial charge on any atom is 0.408 e. The lowest BCUT2D eigenvalue weighted by Gasteiger charge is -2.35. The predicted molar refractivity (Wildman–Crippen MR) is 83.2 cm³/mol. The first-order valence-electron chi connectivity index (χ1n) is 7.13. The molecule has 2 rings (SSSR count).